The molecule has 0 atom stereocenters. The molecular formula is C19H32O4. The first-order chi connectivity index (χ1) is 11.0. The Morgan fingerprint density at radius 3 is 1.43 bits per heavy atom. The molecule has 0 aromatic rings. The molecule has 2 N–H and O–H groups in total. The normalized spacial score (nSPS) is 29.0. The van der Waals surface area contributed by atoms with Crippen molar-refractivity contribution in [3.05, 3.63) is 0 Å². The first-order valence-corrected chi connectivity index (χ1v) is 9.43. The van der Waals surface area contributed by atoms with Gasteiger partial charge in [-0.1, -0.05) is 38.5 Å². The predicted octanol–water partition coefficient (Wildman–Crippen LogP) is 4.86. The molecule has 0 saturated heterocycles. The standard InChI is InChI=1S/C19H32O4/c20-17(21)9-5-1-3-7-15-11-19(12-15)13-16(14-19)8-4-2-6-10-18(22)23/h15-16H,1-14H2,(H,20,21)(H,22,23). The van der Waals surface area contributed by atoms with Crippen LogP contribution < -0.4 is 0 Å². The number of carboxylic acids is 2. The van der Waals surface area contributed by atoms with Crippen molar-refractivity contribution < 1.29 is 19.8 Å². The Labute approximate surface area is 139 Å². The number of carboxylic acid groups (broad SMARTS) is 2. The topological polar surface area (TPSA) is 74.6 Å². The molecule has 0 aliphatic heterocycles. The van der Waals surface area contributed by atoms with E-state index in [0.717, 1.165) is 37.5 Å². The first kappa shape index (κ1) is 18.3. The summed E-state index contributed by atoms with van der Waals surface area (Å²) in [5.74, 6) is 0.458. The number of unbranched alkanes of at least 4 members (excludes halogenated alkanes) is 4. The highest BCUT2D eigenvalue weighted by atomic mass is 16.4. The average Bonchev–Trinajstić information content (AvgIpc) is 2.39. The van der Waals surface area contributed by atoms with E-state index in [2.05, 4.69) is 0 Å². The Morgan fingerprint density at radius 1 is 0.696 bits per heavy atom. The third-order valence-electron chi connectivity index (χ3n) is 5.89. The molecule has 23 heavy (non-hydrogen) atoms. The molecule has 2 aliphatic carbocycles. The van der Waals surface area contributed by atoms with Gasteiger partial charge in [0, 0.05) is 12.8 Å². The molecule has 0 unspecified atom stereocenters. The summed E-state index contributed by atoms with van der Waals surface area (Å²) in [7, 11) is 0. The van der Waals surface area contributed by atoms with Crippen LogP contribution in [-0.2, 0) is 9.59 Å². The molecule has 0 radical (unpaired) electrons. The second kappa shape index (κ2) is 8.70. The third kappa shape index (κ3) is 6.15. The van der Waals surface area contributed by atoms with E-state index in [4.69, 9.17) is 10.2 Å². The van der Waals surface area contributed by atoms with Gasteiger partial charge in [-0.05, 0) is 55.8 Å². The summed E-state index contributed by atoms with van der Waals surface area (Å²) in [6.45, 7) is 0. The summed E-state index contributed by atoms with van der Waals surface area (Å²) >= 11 is 0. The Hall–Kier alpha value is -1.06. The number of aliphatic carboxylic acids is 2. The maximum Gasteiger partial charge on any atom is 0.303 e. The predicted molar refractivity (Wildman–Crippen MR) is 89.3 cm³/mol. The van der Waals surface area contributed by atoms with Crippen LogP contribution in [0.1, 0.15) is 89.9 Å². The number of hydrogen-bond acceptors (Lipinski definition) is 2. The maximum absolute atomic E-state index is 10.4. The minimum absolute atomic E-state index is 0.322. The van der Waals surface area contributed by atoms with Crippen LogP contribution in [0.5, 0.6) is 0 Å². The second-order valence-corrected chi connectivity index (χ2v) is 8.03. The van der Waals surface area contributed by atoms with Crippen LogP contribution in [0.4, 0.5) is 0 Å². The average molecular weight is 324 g/mol. The van der Waals surface area contributed by atoms with E-state index in [1.165, 1.54) is 51.4 Å². The summed E-state index contributed by atoms with van der Waals surface area (Å²) < 4.78 is 0. The Morgan fingerprint density at radius 2 is 1.09 bits per heavy atom. The Kier molecular flexibility index (Phi) is 6.91. The lowest BCUT2D eigenvalue weighted by Gasteiger charge is -2.58. The van der Waals surface area contributed by atoms with Crippen LogP contribution >= 0.6 is 0 Å². The minimum Gasteiger partial charge on any atom is -0.481 e. The van der Waals surface area contributed by atoms with Crippen molar-refractivity contribution in [2.45, 2.75) is 89.9 Å². The zero-order chi connectivity index (χ0) is 16.7. The van der Waals surface area contributed by atoms with Crippen LogP contribution in [0.3, 0.4) is 0 Å². The van der Waals surface area contributed by atoms with Crippen molar-refractivity contribution in [2.75, 3.05) is 0 Å². The van der Waals surface area contributed by atoms with E-state index >= 15 is 0 Å². The van der Waals surface area contributed by atoms with Gasteiger partial charge in [-0.2, -0.15) is 0 Å². The molecule has 2 saturated carbocycles. The van der Waals surface area contributed by atoms with Gasteiger partial charge in [0.15, 0.2) is 0 Å². The van der Waals surface area contributed by atoms with Gasteiger partial charge in [0.1, 0.15) is 0 Å². The lowest BCUT2D eigenvalue weighted by molar-refractivity contribution is -0.138. The molecule has 4 heteroatoms. The molecule has 2 aliphatic rings. The largest absolute Gasteiger partial charge is 0.481 e. The molecule has 2 fully saturated rings. The fourth-order valence-electron chi connectivity index (χ4n) is 4.84. The van der Waals surface area contributed by atoms with Gasteiger partial charge in [-0.15, -0.1) is 0 Å². The van der Waals surface area contributed by atoms with Gasteiger partial charge in [0.2, 0.25) is 0 Å². The third-order valence-corrected chi connectivity index (χ3v) is 5.89. The lowest BCUT2D eigenvalue weighted by atomic mass is 9.47. The maximum atomic E-state index is 10.4. The molecule has 4 nitrogen and oxygen atoms in total. The fraction of sp³-hybridized carbons (Fsp3) is 0.895. The SMILES string of the molecule is O=C(O)CCCCCC1CC2(C1)CC(CCCCCC(=O)O)C2. The zero-order valence-corrected chi connectivity index (χ0v) is 14.3. The molecule has 0 bridgehead atoms. The molecule has 2 rings (SSSR count). The van der Waals surface area contributed by atoms with Crippen LogP contribution in [0.2, 0.25) is 0 Å². The highest BCUT2D eigenvalue weighted by Crippen LogP contribution is 2.63. The molecular weight excluding hydrogens is 292 g/mol. The van der Waals surface area contributed by atoms with Gasteiger partial charge >= 0.3 is 11.9 Å². The lowest BCUT2D eigenvalue weighted by Crippen LogP contribution is -2.47. The van der Waals surface area contributed by atoms with Crippen molar-refractivity contribution >= 4 is 11.9 Å². The van der Waals surface area contributed by atoms with Gasteiger partial charge < -0.3 is 10.2 Å². The first-order valence-electron chi connectivity index (χ1n) is 9.43. The monoisotopic (exact) mass is 324 g/mol. The fourth-order valence-corrected chi connectivity index (χ4v) is 4.84. The molecule has 132 valence electrons. The minimum atomic E-state index is -0.670. The van der Waals surface area contributed by atoms with E-state index in [0.29, 0.717) is 18.3 Å². The molecule has 0 aromatic carbocycles. The van der Waals surface area contributed by atoms with E-state index in [9.17, 15) is 9.59 Å². The van der Waals surface area contributed by atoms with Crippen LogP contribution in [-0.4, -0.2) is 22.2 Å². The van der Waals surface area contributed by atoms with Gasteiger partial charge in [0.05, 0.1) is 0 Å². The summed E-state index contributed by atoms with van der Waals surface area (Å²) in [5.41, 5.74) is 0.678. The smallest absolute Gasteiger partial charge is 0.303 e. The molecule has 1 spiro atoms. The quantitative estimate of drug-likeness (QED) is 0.503. The van der Waals surface area contributed by atoms with E-state index in [-0.39, 0.29) is 0 Å². The molecule has 0 aromatic heterocycles. The van der Waals surface area contributed by atoms with Crippen LogP contribution in [0, 0.1) is 17.3 Å². The number of rotatable bonds is 12. The van der Waals surface area contributed by atoms with Crippen molar-refractivity contribution in [1.82, 2.24) is 0 Å². The summed E-state index contributed by atoms with van der Waals surface area (Å²) in [6, 6.07) is 0. The van der Waals surface area contributed by atoms with Gasteiger partial charge in [0.25, 0.3) is 0 Å². The van der Waals surface area contributed by atoms with E-state index in [1.54, 1.807) is 0 Å². The Bertz CT molecular complexity index is 351. The highest BCUT2D eigenvalue weighted by molar-refractivity contribution is 5.66. The van der Waals surface area contributed by atoms with Crippen molar-refractivity contribution in [1.29, 1.82) is 0 Å². The summed E-state index contributed by atoms with van der Waals surface area (Å²) in [5, 5.41) is 17.2. The molecule has 0 heterocycles. The highest BCUT2D eigenvalue weighted by Gasteiger charge is 2.51. The van der Waals surface area contributed by atoms with Crippen LogP contribution in [0.25, 0.3) is 0 Å². The van der Waals surface area contributed by atoms with Crippen molar-refractivity contribution in [2.24, 2.45) is 17.3 Å². The second-order valence-electron chi connectivity index (χ2n) is 8.03. The van der Waals surface area contributed by atoms with E-state index in [1.807, 2.05) is 0 Å². The van der Waals surface area contributed by atoms with Gasteiger partial charge in [-0.3, -0.25) is 9.59 Å². The van der Waals surface area contributed by atoms with Crippen molar-refractivity contribution in [3.8, 4) is 0 Å². The van der Waals surface area contributed by atoms with Gasteiger partial charge in [-0.25, -0.2) is 0 Å². The zero-order valence-electron chi connectivity index (χ0n) is 14.3. The summed E-state index contributed by atoms with van der Waals surface area (Å²) in [6.07, 6.45) is 15.0. The number of hydrogen-bond donors (Lipinski definition) is 2. The van der Waals surface area contributed by atoms with E-state index < -0.39 is 11.9 Å². The summed E-state index contributed by atoms with van der Waals surface area (Å²) in [4.78, 5) is 20.9. The Balaban J connectivity index is 1.41. The molecule has 0 amide bonds. The van der Waals surface area contributed by atoms with Crippen molar-refractivity contribution in [3.63, 3.8) is 0 Å². The number of carbonyl (C=O) groups is 2. The van der Waals surface area contributed by atoms with Crippen LogP contribution in [0.15, 0.2) is 0 Å².